The van der Waals surface area contributed by atoms with E-state index in [1.165, 1.54) is 0 Å². The quantitative estimate of drug-likeness (QED) is 0.575. The monoisotopic (exact) mass is 195 g/mol. The third-order valence-electron chi connectivity index (χ3n) is 2.05. The van der Waals surface area contributed by atoms with E-state index in [2.05, 4.69) is 15.2 Å². The lowest BCUT2D eigenvalue weighted by Crippen LogP contribution is -2.20. The first-order valence-corrected chi connectivity index (χ1v) is 4.69. The van der Waals surface area contributed by atoms with Crippen molar-refractivity contribution in [2.24, 2.45) is 23.7 Å². The van der Waals surface area contributed by atoms with Crippen LogP contribution in [0.4, 0.5) is 0 Å². The molecule has 14 heavy (non-hydrogen) atoms. The third-order valence-corrected chi connectivity index (χ3v) is 2.05. The van der Waals surface area contributed by atoms with E-state index >= 15 is 0 Å². The molecule has 5 nitrogen and oxygen atoms in total. The highest BCUT2D eigenvalue weighted by atomic mass is 15.3. The van der Waals surface area contributed by atoms with Gasteiger partial charge in [-0.05, 0) is 6.92 Å². The molecule has 1 unspecified atom stereocenters. The molecular formula is C9H17N5. The summed E-state index contributed by atoms with van der Waals surface area (Å²) >= 11 is 0. The van der Waals surface area contributed by atoms with Crippen molar-refractivity contribution in [2.75, 3.05) is 0 Å². The molecule has 1 rings (SSSR count). The van der Waals surface area contributed by atoms with Crippen LogP contribution in [0.2, 0.25) is 0 Å². The molecule has 1 atom stereocenters. The largest absolute Gasteiger partial charge is 0.387 e. The Balaban J connectivity index is 2.82. The molecule has 1 aromatic rings. The van der Waals surface area contributed by atoms with E-state index in [0.29, 0.717) is 5.84 Å². The van der Waals surface area contributed by atoms with Crippen molar-refractivity contribution < 1.29 is 0 Å². The lowest BCUT2D eigenvalue weighted by molar-refractivity contribution is 0.676. The number of aromatic nitrogens is 3. The van der Waals surface area contributed by atoms with Gasteiger partial charge in [-0.25, -0.2) is 0 Å². The van der Waals surface area contributed by atoms with Crippen LogP contribution < -0.4 is 5.73 Å². The molecular weight excluding hydrogens is 178 g/mol. The van der Waals surface area contributed by atoms with Crippen molar-refractivity contribution in [2.45, 2.75) is 26.8 Å². The highest BCUT2D eigenvalue weighted by Crippen LogP contribution is 2.13. The summed E-state index contributed by atoms with van der Waals surface area (Å²) in [6, 6.07) is -0.0371. The fourth-order valence-electron chi connectivity index (χ4n) is 1.10. The van der Waals surface area contributed by atoms with Gasteiger partial charge in [0.2, 0.25) is 0 Å². The zero-order valence-corrected chi connectivity index (χ0v) is 9.10. The average molecular weight is 195 g/mol. The molecule has 78 valence electrons. The second kappa shape index (κ2) is 4.21. The second-order valence-electron chi connectivity index (χ2n) is 3.68. The van der Waals surface area contributed by atoms with E-state index in [4.69, 9.17) is 5.73 Å². The van der Waals surface area contributed by atoms with Gasteiger partial charge in [0, 0.05) is 13.0 Å². The van der Waals surface area contributed by atoms with Crippen LogP contribution in [0, 0.1) is 5.92 Å². The molecule has 0 fully saturated rings. The van der Waals surface area contributed by atoms with Crippen LogP contribution in [0.25, 0.3) is 0 Å². The lowest BCUT2D eigenvalue weighted by Gasteiger charge is -2.09. The van der Waals surface area contributed by atoms with Gasteiger partial charge < -0.3 is 10.3 Å². The van der Waals surface area contributed by atoms with E-state index in [-0.39, 0.29) is 12.0 Å². The van der Waals surface area contributed by atoms with Gasteiger partial charge in [0.1, 0.15) is 12.4 Å². The fraction of sp³-hybridized carbons (Fsp3) is 0.667. The van der Waals surface area contributed by atoms with Crippen molar-refractivity contribution in [3.05, 3.63) is 12.2 Å². The Morgan fingerprint density at radius 3 is 2.57 bits per heavy atom. The van der Waals surface area contributed by atoms with Crippen molar-refractivity contribution in [1.29, 1.82) is 0 Å². The van der Waals surface area contributed by atoms with E-state index < -0.39 is 0 Å². The van der Waals surface area contributed by atoms with Gasteiger partial charge in [0.05, 0.1) is 5.84 Å². The molecule has 0 saturated carbocycles. The summed E-state index contributed by atoms with van der Waals surface area (Å²) in [6.07, 6.45) is 1.66. The van der Waals surface area contributed by atoms with E-state index in [9.17, 15) is 0 Å². The third kappa shape index (κ3) is 2.31. The maximum absolute atomic E-state index is 5.77. The molecule has 0 saturated heterocycles. The number of aliphatic imine (C=N–C) groups is 1. The van der Waals surface area contributed by atoms with Crippen LogP contribution in [0.3, 0.4) is 0 Å². The number of hydrogen-bond donors (Lipinski definition) is 1. The molecule has 0 bridgehead atoms. The number of aryl methyl sites for hydroxylation is 1. The van der Waals surface area contributed by atoms with Crippen LogP contribution in [-0.2, 0) is 7.05 Å². The Morgan fingerprint density at radius 2 is 2.14 bits per heavy atom. The number of nitrogens with two attached hydrogens (primary N) is 1. The Morgan fingerprint density at radius 1 is 1.50 bits per heavy atom. The van der Waals surface area contributed by atoms with Crippen molar-refractivity contribution in [3.8, 4) is 0 Å². The van der Waals surface area contributed by atoms with E-state index in [1.54, 1.807) is 6.33 Å². The van der Waals surface area contributed by atoms with Gasteiger partial charge in [-0.3, -0.25) is 4.99 Å². The molecule has 1 heterocycles. The Kier molecular flexibility index (Phi) is 3.22. The predicted molar refractivity (Wildman–Crippen MR) is 55.9 cm³/mol. The van der Waals surface area contributed by atoms with Gasteiger partial charge in [0.15, 0.2) is 5.82 Å². The Bertz CT molecular complexity index is 326. The van der Waals surface area contributed by atoms with Gasteiger partial charge in [0.25, 0.3) is 0 Å². The van der Waals surface area contributed by atoms with Gasteiger partial charge in [-0.2, -0.15) is 0 Å². The average Bonchev–Trinajstić information content (AvgIpc) is 2.51. The van der Waals surface area contributed by atoms with E-state index in [0.717, 1.165) is 5.82 Å². The van der Waals surface area contributed by atoms with Crippen LogP contribution in [-0.4, -0.2) is 20.6 Å². The van der Waals surface area contributed by atoms with Crippen LogP contribution >= 0.6 is 0 Å². The highest BCUT2D eigenvalue weighted by Gasteiger charge is 2.11. The Hall–Kier alpha value is -1.39. The van der Waals surface area contributed by atoms with Gasteiger partial charge in [-0.1, -0.05) is 13.8 Å². The summed E-state index contributed by atoms with van der Waals surface area (Å²) in [5.74, 6) is 1.75. The standard InChI is InChI=1S/C9H17N5/c1-6(2)8(10)12-7(3)9-13-11-5-14(9)4/h5-7H,1-4H3,(H2,10,12). The summed E-state index contributed by atoms with van der Waals surface area (Å²) in [7, 11) is 1.90. The maximum Gasteiger partial charge on any atom is 0.157 e. The lowest BCUT2D eigenvalue weighted by atomic mass is 10.2. The van der Waals surface area contributed by atoms with Crippen LogP contribution in [0.15, 0.2) is 11.3 Å². The zero-order chi connectivity index (χ0) is 10.7. The van der Waals surface area contributed by atoms with Crippen molar-refractivity contribution >= 4 is 5.84 Å². The second-order valence-corrected chi connectivity index (χ2v) is 3.68. The smallest absolute Gasteiger partial charge is 0.157 e. The maximum atomic E-state index is 5.77. The minimum atomic E-state index is -0.0371. The summed E-state index contributed by atoms with van der Waals surface area (Å²) in [6.45, 7) is 5.99. The van der Waals surface area contributed by atoms with Crippen molar-refractivity contribution in [3.63, 3.8) is 0 Å². The Labute approximate surface area is 84.0 Å². The molecule has 0 aliphatic carbocycles. The first-order valence-electron chi connectivity index (χ1n) is 4.69. The zero-order valence-electron chi connectivity index (χ0n) is 9.10. The van der Waals surface area contributed by atoms with Crippen LogP contribution in [0.5, 0.6) is 0 Å². The number of amidine groups is 1. The molecule has 0 aliphatic rings. The van der Waals surface area contributed by atoms with E-state index in [1.807, 2.05) is 32.4 Å². The summed E-state index contributed by atoms with van der Waals surface area (Å²) in [5.41, 5.74) is 5.77. The summed E-state index contributed by atoms with van der Waals surface area (Å²) < 4.78 is 1.85. The SMILES string of the molecule is CC(C)C(N)=NC(C)c1nncn1C. The predicted octanol–water partition coefficient (Wildman–Crippen LogP) is 0.889. The van der Waals surface area contributed by atoms with Gasteiger partial charge >= 0.3 is 0 Å². The molecule has 2 N–H and O–H groups in total. The van der Waals surface area contributed by atoms with Crippen LogP contribution in [0.1, 0.15) is 32.6 Å². The molecule has 0 aromatic carbocycles. The minimum Gasteiger partial charge on any atom is -0.387 e. The molecule has 0 amide bonds. The molecule has 0 spiro atoms. The normalized spacial score (nSPS) is 14.8. The molecule has 1 aromatic heterocycles. The van der Waals surface area contributed by atoms with Gasteiger partial charge in [-0.15, -0.1) is 10.2 Å². The number of rotatable bonds is 3. The molecule has 5 heteroatoms. The minimum absolute atomic E-state index is 0.0371. The summed E-state index contributed by atoms with van der Waals surface area (Å²) in [4.78, 5) is 4.35. The molecule has 0 aliphatic heterocycles. The first kappa shape index (κ1) is 10.7. The van der Waals surface area contributed by atoms with Crippen molar-refractivity contribution in [1.82, 2.24) is 14.8 Å². The summed E-state index contributed by atoms with van der Waals surface area (Å²) in [5, 5.41) is 7.78. The molecule has 0 radical (unpaired) electrons. The first-order chi connectivity index (χ1) is 6.52. The highest BCUT2D eigenvalue weighted by molar-refractivity contribution is 5.82. The number of hydrogen-bond acceptors (Lipinski definition) is 3. The number of nitrogens with zero attached hydrogens (tertiary/aromatic N) is 4. The topological polar surface area (TPSA) is 69.1 Å². The fourth-order valence-corrected chi connectivity index (χ4v) is 1.10.